The molecule has 4 heteroatoms. The molecule has 0 aliphatic rings. The molecular formula is C25H33NO3. The number of hydrogen-bond donors (Lipinski definition) is 1. The van der Waals surface area contributed by atoms with Gasteiger partial charge in [0.05, 0.1) is 0 Å². The zero-order valence-electron chi connectivity index (χ0n) is 17.7. The number of unbranched alkanes of at least 4 members (excludes halogenated alkanes) is 5. The van der Waals surface area contributed by atoms with E-state index in [1.54, 1.807) is 4.90 Å². The van der Waals surface area contributed by atoms with Gasteiger partial charge in [-0.3, -0.25) is 9.59 Å². The van der Waals surface area contributed by atoms with Crippen molar-refractivity contribution in [2.75, 3.05) is 11.9 Å². The quantitative estimate of drug-likeness (QED) is 0.443. The monoisotopic (exact) mass is 395 g/mol. The van der Waals surface area contributed by atoms with Crippen molar-refractivity contribution in [1.82, 2.24) is 0 Å². The zero-order valence-corrected chi connectivity index (χ0v) is 17.7. The minimum Gasteiger partial charge on any atom is -0.481 e. The minimum absolute atomic E-state index is 0.139. The molecule has 29 heavy (non-hydrogen) atoms. The fourth-order valence-electron chi connectivity index (χ4n) is 3.38. The van der Waals surface area contributed by atoms with E-state index in [0.29, 0.717) is 12.8 Å². The number of aliphatic carboxylic acids is 1. The minimum atomic E-state index is -0.782. The Morgan fingerprint density at radius 2 is 1.55 bits per heavy atom. The molecule has 0 aliphatic heterocycles. The Hall–Kier alpha value is -2.62. The molecule has 2 rings (SSSR count). The van der Waals surface area contributed by atoms with Crippen molar-refractivity contribution in [2.24, 2.45) is 0 Å². The molecule has 0 spiro atoms. The number of aryl methyl sites for hydroxylation is 1. The number of nitrogens with zero attached hydrogens (tertiary/aromatic N) is 1. The Labute approximate surface area is 174 Å². The number of carboxylic acid groups (broad SMARTS) is 1. The summed E-state index contributed by atoms with van der Waals surface area (Å²) in [4.78, 5) is 25.0. The first-order valence-electron chi connectivity index (χ1n) is 10.7. The van der Waals surface area contributed by atoms with Gasteiger partial charge in [-0.15, -0.1) is 0 Å². The third-order valence-corrected chi connectivity index (χ3v) is 5.27. The molecule has 0 aromatic heterocycles. The Kier molecular flexibility index (Phi) is 9.42. The summed E-state index contributed by atoms with van der Waals surface area (Å²) < 4.78 is 0. The highest BCUT2D eigenvalue weighted by Crippen LogP contribution is 2.25. The second-order valence-electron chi connectivity index (χ2n) is 7.61. The van der Waals surface area contributed by atoms with Crippen molar-refractivity contribution in [3.63, 3.8) is 0 Å². The van der Waals surface area contributed by atoms with Crippen LogP contribution in [0, 0.1) is 0 Å². The van der Waals surface area contributed by atoms with Crippen LogP contribution in [0.25, 0.3) is 11.1 Å². The standard InChI is InChI=1S/C25H33NO3/c1-3-4-5-6-7-8-12-24(27)26(2)23-11-9-10-22(19-23)21-16-13-20(14-17-21)15-18-25(28)29/h9-11,13-14,16-17,19H,3-8,12,15,18H2,1-2H3,(H,28,29). The SMILES string of the molecule is CCCCCCCCC(=O)N(C)c1cccc(-c2ccc(CCC(=O)O)cc2)c1. The summed E-state index contributed by atoms with van der Waals surface area (Å²) >= 11 is 0. The highest BCUT2D eigenvalue weighted by Gasteiger charge is 2.11. The summed E-state index contributed by atoms with van der Waals surface area (Å²) in [5.74, 6) is -0.628. The summed E-state index contributed by atoms with van der Waals surface area (Å²) in [6, 6.07) is 16.0. The summed E-state index contributed by atoms with van der Waals surface area (Å²) in [5, 5.41) is 8.80. The van der Waals surface area contributed by atoms with Crippen molar-refractivity contribution in [3.05, 3.63) is 54.1 Å². The summed E-state index contributed by atoms with van der Waals surface area (Å²) in [7, 11) is 1.84. The molecule has 0 unspecified atom stereocenters. The number of anilines is 1. The summed E-state index contributed by atoms with van der Waals surface area (Å²) in [5.41, 5.74) is 4.01. The van der Waals surface area contributed by atoms with Gasteiger partial charge in [-0.05, 0) is 41.7 Å². The first kappa shape index (κ1) is 22.7. The highest BCUT2D eigenvalue weighted by atomic mass is 16.4. The van der Waals surface area contributed by atoms with Gasteiger partial charge in [-0.2, -0.15) is 0 Å². The van der Waals surface area contributed by atoms with E-state index in [0.717, 1.165) is 35.2 Å². The molecule has 0 saturated heterocycles. The molecule has 0 saturated carbocycles. The molecule has 0 aliphatic carbocycles. The summed E-state index contributed by atoms with van der Waals surface area (Å²) in [6.07, 6.45) is 8.32. The molecule has 0 fully saturated rings. The van der Waals surface area contributed by atoms with Crippen LogP contribution in [0.2, 0.25) is 0 Å². The molecule has 0 radical (unpaired) electrons. The largest absolute Gasteiger partial charge is 0.481 e. The molecule has 1 N–H and O–H groups in total. The summed E-state index contributed by atoms with van der Waals surface area (Å²) in [6.45, 7) is 2.21. The maximum absolute atomic E-state index is 12.5. The van der Waals surface area contributed by atoms with E-state index in [1.165, 1.54) is 25.7 Å². The smallest absolute Gasteiger partial charge is 0.303 e. The van der Waals surface area contributed by atoms with E-state index >= 15 is 0 Å². The fraction of sp³-hybridized carbons (Fsp3) is 0.440. The van der Waals surface area contributed by atoms with Crippen LogP contribution in [-0.2, 0) is 16.0 Å². The van der Waals surface area contributed by atoms with Gasteiger partial charge in [-0.1, -0.05) is 75.4 Å². The van der Waals surface area contributed by atoms with E-state index in [4.69, 9.17) is 5.11 Å². The Balaban J connectivity index is 1.94. The number of hydrogen-bond acceptors (Lipinski definition) is 2. The van der Waals surface area contributed by atoms with Crippen LogP contribution in [0.5, 0.6) is 0 Å². The van der Waals surface area contributed by atoms with Crippen molar-refractivity contribution in [1.29, 1.82) is 0 Å². The molecular weight excluding hydrogens is 362 g/mol. The van der Waals surface area contributed by atoms with Crippen molar-refractivity contribution < 1.29 is 14.7 Å². The third-order valence-electron chi connectivity index (χ3n) is 5.27. The van der Waals surface area contributed by atoms with Crippen molar-refractivity contribution in [3.8, 4) is 11.1 Å². The van der Waals surface area contributed by atoms with Crippen LogP contribution in [0.3, 0.4) is 0 Å². The normalized spacial score (nSPS) is 10.7. The van der Waals surface area contributed by atoms with E-state index in [1.807, 2.05) is 55.6 Å². The van der Waals surface area contributed by atoms with Gasteiger partial charge in [0.25, 0.3) is 0 Å². The fourth-order valence-corrected chi connectivity index (χ4v) is 3.38. The van der Waals surface area contributed by atoms with Crippen LogP contribution >= 0.6 is 0 Å². The van der Waals surface area contributed by atoms with Crippen LogP contribution in [0.15, 0.2) is 48.5 Å². The average molecular weight is 396 g/mol. The second kappa shape index (κ2) is 12.1. The first-order valence-corrected chi connectivity index (χ1v) is 10.7. The van der Waals surface area contributed by atoms with E-state index in [-0.39, 0.29) is 12.3 Å². The lowest BCUT2D eigenvalue weighted by atomic mass is 10.0. The number of amides is 1. The molecule has 4 nitrogen and oxygen atoms in total. The first-order chi connectivity index (χ1) is 14.0. The Bertz CT molecular complexity index is 783. The molecule has 0 bridgehead atoms. The van der Waals surface area contributed by atoms with Crippen LogP contribution in [0.1, 0.15) is 63.9 Å². The maximum atomic E-state index is 12.5. The molecule has 1 amide bonds. The average Bonchev–Trinajstić information content (AvgIpc) is 2.74. The molecule has 0 heterocycles. The van der Waals surface area contributed by atoms with Crippen LogP contribution in [-0.4, -0.2) is 24.0 Å². The van der Waals surface area contributed by atoms with Gasteiger partial charge in [0.2, 0.25) is 5.91 Å². The lowest BCUT2D eigenvalue weighted by Gasteiger charge is -2.18. The van der Waals surface area contributed by atoms with Crippen molar-refractivity contribution >= 4 is 17.6 Å². The molecule has 0 atom stereocenters. The Morgan fingerprint density at radius 3 is 2.24 bits per heavy atom. The van der Waals surface area contributed by atoms with Crippen molar-refractivity contribution in [2.45, 2.75) is 64.7 Å². The second-order valence-corrected chi connectivity index (χ2v) is 7.61. The van der Waals surface area contributed by atoms with E-state index in [9.17, 15) is 9.59 Å². The highest BCUT2D eigenvalue weighted by molar-refractivity contribution is 5.93. The predicted octanol–water partition coefficient (Wildman–Crippen LogP) is 6.08. The van der Waals surface area contributed by atoms with Crippen LogP contribution in [0.4, 0.5) is 5.69 Å². The maximum Gasteiger partial charge on any atom is 0.303 e. The predicted molar refractivity (Wildman–Crippen MR) is 119 cm³/mol. The number of carbonyl (C=O) groups excluding carboxylic acids is 1. The van der Waals surface area contributed by atoms with Crippen LogP contribution < -0.4 is 4.90 Å². The number of carboxylic acids is 1. The van der Waals surface area contributed by atoms with E-state index in [2.05, 4.69) is 6.92 Å². The van der Waals surface area contributed by atoms with Gasteiger partial charge < -0.3 is 10.0 Å². The Morgan fingerprint density at radius 1 is 0.862 bits per heavy atom. The lowest BCUT2D eigenvalue weighted by Crippen LogP contribution is -2.25. The van der Waals surface area contributed by atoms with Gasteiger partial charge in [-0.25, -0.2) is 0 Å². The van der Waals surface area contributed by atoms with Gasteiger partial charge in [0.1, 0.15) is 0 Å². The number of rotatable bonds is 12. The van der Waals surface area contributed by atoms with Gasteiger partial charge >= 0.3 is 5.97 Å². The lowest BCUT2D eigenvalue weighted by molar-refractivity contribution is -0.137. The van der Waals surface area contributed by atoms with Gasteiger partial charge in [0.15, 0.2) is 0 Å². The van der Waals surface area contributed by atoms with E-state index < -0.39 is 5.97 Å². The topological polar surface area (TPSA) is 57.6 Å². The number of carbonyl (C=O) groups is 2. The number of benzene rings is 2. The molecule has 156 valence electrons. The molecule has 2 aromatic carbocycles. The van der Waals surface area contributed by atoms with Gasteiger partial charge in [0, 0.05) is 25.6 Å². The third kappa shape index (κ3) is 7.72. The molecule has 2 aromatic rings. The zero-order chi connectivity index (χ0) is 21.1.